The second kappa shape index (κ2) is 7.61. The van der Waals surface area contributed by atoms with Crippen LogP contribution in [-0.2, 0) is 17.8 Å². The Morgan fingerprint density at radius 2 is 2.19 bits per heavy atom. The molecule has 9 heteroatoms. The fourth-order valence-electron chi connectivity index (χ4n) is 3.07. The number of ether oxygens (including phenoxy) is 1. The maximum Gasteiger partial charge on any atom is 0.233 e. The predicted octanol–water partition coefficient (Wildman–Crippen LogP) is 2.41. The van der Waals surface area contributed by atoms with Crippen molar-refractivity contribution >= 4 is 29.0 Å². The number of carbonyl (C=O) groups is 1. The number of para-hydroxylation sites is 1. The maximum atomic E-state index is 12.6. The molecule has 1 amide bonds. The Bertz CT molecular complexity index is 968. The first-order chi connectivity index (χ1) is 13.2. The quantitative estimate of drug-likeness (QED) is 0.522. The normalized spacial score (nSPS) is 13.4. The van der Waals surface area contributed by atoms with Crippen LogP contribution >= 0.6 is 23.1 Å². The Hall–Kier alpha value is -2.52. The summed E-state index contributed by atoms with van der Waals surface area (Å²) < 4.78 is 6.77. The molecule has 3 heterocycles. The summed E-state index contributed by atoms with van der Waals surface area (Å²) in [5.74, 6) is 7.70. The van der Waals surface area contributed by atoms with Gasteiger partial charge in [0, 0.05) is 18.0 Å². The minimum Gasteiger partial charge on any atom is -0.496 e. The molecule has 0 unspecified atom stereocenters. The Labute approximate surface area is 165 Å². The zero-order valence-electron chi connectivity index (χ0n) is 14.8. The molecule has 7 nitrogen and oxygen atoms in total. The number of nitrogens with two attached hydrogens (primary N) is 1. The molecule has 2 aromatic heterocycles. The summed E-state index contributed by atoms with van der Waals surface area (Å²) in [5.41, 5.74) is 2.01. The van der Waals surface area contributed by atoms with Crippen LogP contribution in [0.4, 0.5) is 0 Å². The van der Waals surface area contributed by atoms with E-state index < -0.39 is 0 Å². The lowest BCUT2D eigenvalue weighted by atomic mass is 10.1. The number of carbonyl (C=O) groups excluding carboxylic acids is 1. The van der Waals surface area contributed by atoms with Crippen LogP contribution in [0.25, 0.3) is 11.4 Å². The third-order valence-electron chi connectivity index (χ3n) is 4.50. The van der Waals surface area contributed by atoms with Crippen LogP contribution in [0.1, 0.15) is 10.4 Å². The highest BCUT2D eigenvalue weighted by Gasteiger charge is 2.23. The van der Waals surface area contributed by atoms with Crippen molar-refractivity contribution < 1.29 is 9.53 Å². The summed E-state index contributed by atoms with van der Waals surface area (Å²) in [6.07, 6.45) is 0.925. The topological polar surface area (TPSA) is 86.3 Å². The number of hydrogen-bond acceptors (Lipinski definition) is 7. The van der Waals surface area contributed by atoms with Gasteiger partial charge >= 0.3 is 0 Å². The number of aromatic nitrogens is 3. The Morgan fingerprint density at radius 1 is 1.33 bits per heavy atom. The third-order valence-corrected chi connectivity index (χ3v) is 6.45. The van der Waals surface area contributed by atoms with Gasteiger partial charge in [0.2, 0.25) is 11.1 Å². The van der Waals surface area contributed by atoms with E-state index >= 15 is 0 Å². The van der Waals surface area contributed by atoms with E-state index in [0.29, 0.717) is 23.3 Å². The lowest BCUT2D eigenvalue weighted by Crippen LogP contribution is -2.36. The maximum absolute atomic E-state index is 12.6. The lowest BCUT2D eigenvalue weighted by molar-refractivity contribution is -0.129. The van der Waals surface area contributed by atoms with E-state index in [1.807, 2.05) is 29.2 Å². The number of methoxy groups -OCH3 is 1. The first kappa shape index (κ1) is 17.9. The third kappa shape index (κ3) is 3.52. The average molecular weight is 402 g/mol. The molecule has 0 radical (unpaired) electrons. The average Bonchev–Trinajstić information content (AvgIpc) is 3.31. The van der Waals surface area contributed by atoms with Crippen molar-refractivity contribution in [2.24, 2.45) is 0 Å². The standard InChI is InChI=1S/C18H19N5O2S2/c1-25-14-5-3-2-4-13(14)17-20-21-18(23(17)19)27-11-16(24)22-8-6-15-12(10-22)7-9-26-15/h2-5,7,9H,6,8,10-11,19H2,1H3. The molecule has 4 rings (SSSR count). The van der Waals surface area contributed by atoms with Gasteiger partial charge in [0.1, 0.15) is 5.75 Å². The smallest absolute Gasteiger partial charge is 0.233 e. The molecule has 0 atom stereocenters. The molecular formula is C18H19N5O2S2. The first-order valence-corrected chi connectivity index (χ1v) is 10.3. The van der Waals surface area contributed by atoms with Gasteiger partial charge in [-0.1, -0.05) is 23.9 Å². The van der Waals surface area contributed by atoms with E-state index in [4.69, 9.17) is 10.6 Å². The van der Waals surface area contributed by atoms with Crippen LogP contribution in [0.15, 0.2) is 40.9 Å². The van der Waals surface area contributed by atoms with Gasteiger partial charge in [-0.15, -0.1) is 21.5 Å². The van der Waals surface area contributed by atoms with E-state index in [1.165, 1.54) is 26.9 Å². The molecule has 2 N–H and O–H groups in total. The molecular weight excluding hydrogens is 382 g/mol. The van der Waals surface area contributed by atoms with Gasteiger partial charge in [0.15, 0.2) is 5.82 Å². The highest BCUT2D eigenvalue weighted by Crippen LogP contribution is 2.30. The van der Waals surface area contributed by atoms with Crippen molar-refractivity contribution in [2.75, 3.05) is 25.3 Å². The number of hydrogen-bond donors (Lipinski definition) is 1. The van der Waals surface area contributed by atoms with Gasteiger partial charge in [0.05, 0.1) is 18.4 Å². The number of rotatable bonds is 5. The van der Waals surface area contributed by atoms with Crippen LogP contribution in [-0.4, -0.2) is 45.1 Å². The number of thiophene rings is 1. The second-order valence-corrected chi connectivity index (χ2v) is 8.04. The molecule has 27 heavy (non-hydrogen) atoms. The van der Waals surface area contributed by atoms with Crippen LogP contribution < -0.4 is 10.6 Å². The summed E-state index contributed by atoms with van der Waals surface area (Å²) in [6, 6.07) is 9.58. The Morgan fingerprint density at radius 3 is 3.04 bits per heavy atom. The summed E-state index contributed by atoms with van der Waals surface area (Å²) in [6.45, 7) is 1.44. The van der Waals surface area contributed by atoms with Crippen molar-refractivity contribution in [1.82, 2.24) is 19.8 Å². The fourth-order valence-corrected chi connectivity index (χ4v) is 4.72. The molecule has 0 bridgehead atoms. The van der Waals surface area contributed by atoms with Gasteiger partial charge < -0.3 is 15.5 Å². The van der Waals surface area contributed by atoms with E-state index in [1.54, 1.807) is 18.4 Å². The van der Waals surface area contributed by atoms with Gasteiger partial charge in [-0.05, 0) is 35.6 Å². The minimum atomic E-state index is 0.0821. The van der Waals surface area contributed by atoms with Crippen molar-refractivity contribution in [3.8, 4) is 17.1 Å². The van der Waals surface area contributed by atoms with Gasteiger partial charge in [-0.2, -0.15) is 0 Å². The lowest BCUT2D eigenvalue weighted by Gasteiger charge is -2.26. The molecule has 0 saturated heterocycles. The predicted molar refractivity (Wildman–Crippen MR) is 106 cm³/mol. The number of benzene rings is 1. The zero-order valence-corrected chi connectivity index (χ0v) is 16.4. The number of fused-ring (bicyclic) bond motifs is 1. The Kier molecular flexibility index (Phi) is 5.04. The van der Waals surface area contributed by atoms with E-state index in [9.17, 15) is 4.79 Å². The minimum absolute atomic E-state index is 0.0821. The van der Waals surface area contributed by atoms with Crippen molar-refractivity contribution in [1.29, 1.82) is 0 Å². The van der Waals surface area contributed by atoms with Crippen LogP contribution in [0.2, 0.25) is 0 Å². The fraction of sp³-hybridized carbons (Fsp3) is 0.278. The van der Waals surface area contributed by atoms with Gasteiger partial charge in [0.25, 0.3) is 0 Å². The van der Waals surface area contributed by atoms with E-state index in [2.05, 4.69) is 21.6 Å². The number of nitrogens with zero attached hydrogens (tertiary/aromatic N) is 4. The molecule has 1 aliphatic heterocycles. The highest BCUT2D eigenvalue weighted by molar-refractivity contribution is 7.99. The molecule has 1 aromatic carbocycles. The van der Waals surface area contributed by atoms with Gasteiger partial charge in [-0.25, -0.2) is 4.68 Å². The van der Waals surface area contributed by atoms with E-state index in [0.717, 1.165) is 18.5 Å². The van der Waals surface area contributed by atoms with Crippen molar-refractivity contribution in [3.63, 3.8) is 0 Å². The molecule has 140 valence electrons. The highest BCUT2D eigenvalue weighted by atomic mass is 32.2. The summed E-state index contributed by atoms with van der Waals surface area (Å²) in [5, 5.41) is 10.9. The first-order valence-electron chi connectivity index (χ1n) is 8.47. The van der Waals surface area contributed by atoms with Crippen molar-refractivity contribution in [2.45, 2.75) is 18.1 Å². The second-order valence-electron chi connectivity index (χ2n) is 6.10. The van der Waals surface area contributed by atoms with Crippen LogP contribution in [0, 0.1) is 0 Å². The molecule has 0 aliphatic carbocycles. The molecule has 1 aliphatic rings. The SMILES string of the molecule is COc1ccccc1-c1nnc(SCC(=O)N2CCc3sccc3C2)n1N. The Balaban J connectivity index is 1.44. The van der Waals surface area contributed by atoms with E-state index in [-0.39, 0.29) is 11.7 Å². The summed E-state index contributed by atoms with van der Waals surface area (Å²) in [7, 11) is 1.60. The number of amides is 1. The molecule has 0 saturated carbocycles. The van der Waals surface area contributed by atoms with Crippen LogP contribution in [0.3, 0.4) is 0 Å². The monoisotopic (exact) mass is 401 g/mol. The van der Waals surface area contributed by atoms with Crippen LogP contribution in [0.5, 0.6) is 5.75 Å². The summed E-state index contributed by atoms with van der Waals surface area (Å²) in [4.78, 5) is 15.9. The van der Waals surface area contributed by atoms with Gasteiger partial charge in [-0.3, -0.25) is 4.79 Å². The van der Waals surface area contributed by atoms with Crippen molar-refractivity contribution in [3.05, 3.63) is 46.2 Å². The largest absolute Gasteiger partial charge is 0.496 e. The molecule has 0 spiro atoms. The zero-order chi connectivity index (χ0) is 18.8. The molecule has 0 fully saturated rings. The number of nitrogen functional groups attached to an aromatic ring is 1. The summed E-state index contributed by atoms with van der Waals surface area (Å²) >= 11 is 3.06. The molecule has 3 aromatic rings. The number of thioether (sulfide) groups is 1.